The number of aliphatic imine (C=N–C) groups is 1. The van der Waals surface area contributed by atoms with Crippen LogP contribution in [-0.4, -0.2) is 150 Å². The van der Waals surface area contributed by atoms with Crippen molar-refractivity contribution in [2.75, 3.05) is 26.2 Å². The molecular formula is C53H90N16O11. The number of aromatic nitrogens is 1. The molecule has 0 fully saturated rings. The molecule has 0 unspecified atom stereocenters. The number of nitrogens with one attached hydrogen (secondary N) is 9. The van der Waals surface area contributed by atoms with Gasteiger partial charge >= 0.3 is 5.97 Å². The normalized spacial score (nSPS) is 14.3. The maximum atomic E-state index is 14.3. The Labute approximate surface area is 467 Å². The number of aliphatic carboxylic acids is 1. The van der Waals surface area contributed by atoms with E-state index in [0.29, 0.717) is 44.2 Å². The number of benzene rings is 1. The molecule has 2 rings (SSSR count). The molecule has 2 aromatic rings. The van der Waals surface area contributed by atoms with Crippen molar-refractivity contribution in [3.63, 3.8) is 0 Å². The number of para-hydroxylation sites is 1. The predicted octanol–water partition coefficient (Wildman–Crippen LogP) is -2.04. The average Bonchev–Trinajstić information content (AvgIpc) is 3.79. The molecule has 0 saturated carbocycles. The van der Waals surface area contributed by atoms with Crippen LogP contribution in [-0.2, 0) is 54.4 Å². The summed E-state index contributed by atoms with van der Waals surface area (Å²) < 4.78 is 0. The zero-order valence-corrected chi connectivity index (χ0v) is 47.2. The summed E-state index contributed by atoms with van der Waals surface area (Å²) in [7, 11) is 0. The number of carboxylic acids is 1. The van der Waals surface area contributed by atoms with Crippen molar-refractivity contribution in [3.8, 4) is 0 Å². The van der Waals surface area contributed by atoms with Crippen LogP contribution in [0.1, 0.15) is 124 Å². The van der Waals surface area contributed by atoms with E-state index in [0.717, 1.165) is 10.9 Å². The first-order valence-corrected chi connectivity index (χ1v) is 27.4. The highest BCUT2D eigenvalue weighted by molar-refractivity contribution is 5.98. The molecule has 1 heterocycles. The van der Waals surface area contributed by atoms with Gasteiger partial charge in [0.1, 0.15) is 42.3 Å². The molecule has 1 aromatic heterocycles. The number of hydrogen-bond acceptors (Lipinski definition) is 14. The number of carbonyl (C=O) groups is 10. The van der Waals surface area contributed by atoms with Crippen molar-refractivity contribution >= 4 is 76.0 Å². The van der Waals surface area contributed by atoms with E-state index in [4.69, 9.17) is 34.4 Å². The molecule has 0 radical (unpaired) electrons. The van der Waals surface area contributed by atoms with Crippen LogP contribution in [0.2, 0.25) is 0 Å². The third kappa shape index (κ3) is 25.6. The van der Waals surface area contributed by atoms with E-state index in [1.165, 1.54) is 0 Å². The number of hydrogen-bond donors (Lipinski definition) is 16. The Morgan fingerprint density at radius 3 is 1.61 bits per heavy atom. The number of H-pyrrole nitrogens is 1. The molecule has 80 heavy (non-hydrogen) atoms. The van der Waals surface area contributed by atoms with Gasteiger partial charge in [-0.15, -0.1) is 0 Å². The van der Waals surface area contributed by atoms with E-state index in [1.807, 2.05) is 32.0 Å². The van der Waals surface area contributed by atoms with Crippen LogP contribution in [0.5, 0.6) is 0 Å². The van der Waals surface area contributed by atoms with Gasteiger partial charge in [-0.05, 0) is 113 Å². The van der Waals surface area contributed by atoms with Crippen LogP contribution in [0.4, 0.5) is 0 Å². The first-order valence-electron chi connectivity index (χ1n) is 27.4. The van der Waals surface area contributed by atoms with E-state index >= 15 is 0 Å². The van der Waals surface area contributed by atoms with Crippen LogP contribution >= 0.6 is 0 Å². The molecule has 0 aliphatic heterocycles. The minimum absolute atomic E-state index is 0.0385. The quantitative estimate of drug-likeness (QED) is 0.0195. The highest BCUT2D eigenvalue weighted by Crippen LogP contribution is 2.20. The van der Waals surface area contributed by atoms with Gasteiger partial charge in [0.25, 0.3) is 0 Å². The number of fused-ring (bicyclic) bond motifs is 1. The Kier molecular flexibility index (Phi) is 30.9. The number of guanidine groups is 1. The maximum Gasteiger partial charge on any atom is 0.326 e. The summed E-state index contributed by atoms with van der Waals surface area (Å²) in [4.78, 5) is 142. The van der Waals surface area contributed by atoms with Crippen molar-refractivity contribution in [2.24, 2.45) is 57.1 Å². The minimum Gasteiger partial charge on any atom is -0.480 e. The topological polar surface area (TPSA) is 471 Å². The number of carboxylic acid groups (broad SMARTS) is 1. The predicted molar refractivity (Wildman–Crippen MR) is 302 cm³/mol. The highest BCUT2D eigenvalue weighted by Gasteiger charge is 2.35. The first kappa shape index (κ1) is 68.7. The summed E-state index contributed by atoms with van der Waals surface area (Å²) in [6, 6.07) is -2.71. The second kappa shape index (κ2) is 36.0. The Bertz CT molecular complexity index is 2390. The molecule has 0 spiro atoms. The fraction of sp³-hybridized carbons (Fsp3) is 0.642. The fourth-order valence-corrected chi connectivity index (χ4v) is 8.57. The van der Waals surface area contributed by atoms with E-state index in [2.05, 4.69) is 52.5 Å². The summed E-state index contributed by atoms with van der Waals surface area (Å²) in [5, 5.41) is 31.6. The van der Waals surface area contributed by atoms with Gasteiger partial charge in [-0.1, -0.05) is 59.7 Å². The highest BCUT2D eigenvalue weighted by atomic mass is 16.4. The second-order valence-corrected chi connectivity index (χ2v) is 21.2. The molecule has 0 saturated heterocycles. The monoisotopic (exact) mass is 1130 g/mol. The molecule has 0 bridgehead atoms. The third-order valence-electron chi connectivity index (χ3n) is 12.9. The van der Waals surface area contributed by atoms with E-state index in [-0.39, 0.29) is 82.3 Å². The minimum atomic E-state index is -1.35. The zero-order chi connectivity index (χ0) is 60.1. The number of primary amides is 1. The van der Waals surface area contributed by atoms with Gasteiger partial charge in [0.05, 0.1) is 12.6 Å². The molecule has 9 amide bonds. The summed E-state index contributed by atoms with van der Waals surface area (Å²) >= 11 is 0. The summed E-state index contributed by atoms with van der Waals surface area (Å²) in [5.41, 5.74) is 35.4. The number of amides is 9. The molecule has 27 heteroatoms. The van der Waals surface area contributed by atoms with Gasteiger partial charge in [0.2, 0.25) is 53.2 Å². The van der Waals surface area contributed by atoms with Crippen LogP contribution in [0, 0.1) is 17.8 Å². The smallest absolute Gasteiger partial charge is 0.326 e. The summed E-state index contributed by atoms with van der Waals surface area (Å²) in [6.07, 6.45) is 3.49. The molecular weight excluding hydrogens is 1040 g/mol. The Morgan fingerprint density at radius 2 is 1.07 bits per heavy atom. The molecule has 0 aliphatic carbocycles. The number of unbranched alkanes of at least 4 members (excludes halogenated alkanes) is 2. The van der Waals surface area contributed by atoms with Crippen LogP contribution in [0.15, 0.2) is 35.5 Å². The number of nitrogens with two attached hydrogens (primary N) is 6. The summed E-state index contributed by atoms with van der Waals surface area (Å²) in [5.74, 6) is -9.02. The molecule has 27 nitrogen and oxygen atoms in total. The van der Waals surface area contributed by atoms with E-state index in [1.54, 1.807) is 40.0 Å². The molecule has 8 atom stereocenters. The SMILES string of the molecule is CC(C)C[C@H](NC(=O)[C@H](CCCCN)NC(=O)[C@H](Cc1c[nH]c2ccccc12)NC(=O)CNC(=O)[C@H](CCCN=C(N)N)NC(=O)[C@H](CCCCN)NC(=O)[C@@H](NC(=O)[C@H](CCC(N)=O)NC(=O)[C@@H](N)CC(C)C)C(C)C)C(=O)O. The Morgan fingerprint density at radius 1 is 0.575 bits per heavy atom. The van der Waals surface area contributed by atoms with Crippen LogP contribution < -0.4 is 76.9 Å². The number of aromatic amines is 1. The molecule has 448 valence electrons. The lowest BCUT2D eigenvalue weighted by molar-refractivity contribution is -0.143. The standard InChI is InChI=1S/C53H90N16O11/c1-29(2)24-34(56)45(72)64-39(19-20-42(57)70)49(76)69-44(31(5)6)51(78)67-38(17-10-12-22-55)47(74)65-36(18-13-23-60-53(58)59)46(73)62-28-43(71)63-40(26-32-27-61-35-15-8-7-14-33(32)35)50(77)66-37(16-9-11-21-54)48(75)68-41(52(79)80)25-30(3)4/h7-8,14-15,27,29-31,34,36-41,44,61H,9-13,16-26,28,54-56H2,1-6H3,(H2,57,70)(H,62,73)(H,63,71)(H,64,72)(H,65,74)(H,66,77)(H,67,78)(H,68,75)(H,69,76)(H,79,80)(H4,58,59,60)/t34-,36-,37-,38-,39-,40-,41-,44-/m0/s1. The number of nitrogens with zero attached hydrogens (tertiary/aromatic N) is 1. The van der Waals surface area contributed by atoms with Gasteiger partial charge in [-0.3, -0.25) is 48.1 Å². The number of carbonyl (C=O) groups excluding carboxylic acids is 9. The maximum absolute atomic E-state index is 14.3. The van der Waals surface area contributed by atoms with Gasteiger partial charge < -0.3 is 87.0 Å². The lowest BCUT2D eigenvalue weighted by Crippen LogP contribution is -2.60. The Hall–Kier alpha value is -7.39. The second-order valence-electron chi connectivity index (χ2n) is 21.2. The van der Waals surface area contributed by atoms with Gasteiger partial charge in [0.15, 0.2) is 5.96 Å². The van der Waals surface area contributed by atoms with Gasteiger partial charge in [-0.25, -0.2) is 4.79 Å². The van der Waals surface area contributed by atoms with E-state index in [9.17, 15) is 53.1 Å². The van der Waals surface area contributed by atoms with Crippen LogP contribution in [0.3, 0.4) is 0 Å². The zero-order valence-electron chi connectivity index (χ0n) is 47.2. The van der Waals surface area contributed by atoms with Gasteiger partial charge in [0, 0.05) is 36.5 Å². The largest absolute Gasteiger partial charge is 0.480 e. The van der Waals surface area contributed by atoms with Crippen LogP contribution in [0.25, 0.3) is 10.9 Å². The third-order valence-corrected chi connectivity index (χ3v) is 12.9. The summed E-state index contributed by atoms with van der Waals surface area (Å²) in [6.45, 7) is 10.5. The Balaban J connectivity index is 2.43. The first-order chi connectivity index (χ1) is 37.8. The van der Waals surface area contributed by atoms with Crippen molar-refractivity contribution in [3.05, 3.63) is 36.0 Å². The molecule has 0 aliphatic rings. The average molecular weight is 1130 g/mol. The van der Waals surface area contributed by atoms with E-state index < -0.39 is 120 Å². The molecule has 22 N–H and O–H groups in total. The fourth-order valence-electron chi connectivity index (χ4n) is 8.57. The van der Waals surface area contributed by atoms with Crippen molar-refractivity contribution in [1.82, 2.24) is 47.5 Å². The van der Waals surface area contributed by atoms with Gasteiger partial charge in [-0.2, -0.15) is 0 Å². The lowest BCUT2D eigenvalue weighted by Gasteiger charge is -2.28. The van der Waals surface area contributed by atoms with Crippen molar-refractivity contribution < 1.29 is 53.1 Å². The van der Waals surface area contributed by atoms with Crippen molar-refractivity contribution in [2.45, 2.75) is 173 Å². The molecule has 1 aromatic carbocycles. The van der Waals surface area contributed by atoms with Crippen molar-refractivity contribution in [1.29, 1.82) is 0 Å². The lowest BCUT2D eigenvalue weighted by atomic mass is 10.00. The number of rotatable bonds is 39.